The highest BCUT2D eigenvalue weighted by Crippen LogP contribution is 2.44. The minimum Gasteiger partial charge on any atom is -0.493 e. The van der Waals surface area contributed by atoms with Crippen LogP contribution in [0.4, 0.5) is 0 Å². The van der Waals surface area contributed by atoms with Crippen LogP contribution >= 0.6 is 23.2 Å². The number of hydrogen-bond acceptors (Lipinski definition) is 3. The van der Waals surface area contributed by atoms with E-state index in [2.05, 4.69) is 11.4 Å². The third kappa shape index (κ3) is 3.14. The highest BCUT2D eigenvalue weighted by molar-refractivity contribution is 6.33. The lowest BCUT2D eigenvalue weighted by Crippen LogP contribution is -2.20. The number of hydrogen-bond donors (Lipinski definition) is 1. The second-order valence-corrected chi connectivity index (χ2v) is 6.37. The van der Waals surface area contributed by atoms with Gasteiger partial charge in [0.2, 0.25) is 0 Å². The van der Waals surface area contributed by atoms with Crippen molar-refractivity contribution >= 4 is 23.2 Å². The van der Waals surface area contributed by atoms with Gasteiger partial charge in [-0.2, -0.15) is 0 Å². The van der Waals surface area contributed by atoms with Crippen LogP contribution in [0.3, 0.4) is 0 Å². The average molecular weight is 352 g/mol. The number of rotatable bonds is 3. The Morgan fingerprint density at radius 1 is 1.13 bits per heavy atom. The number of ether oxygens (including phenoxy) is 2. The predicted octanol–water partition coefficient (Wildman–Crippen LogP) is 4.29. The van der Waals surface area contributed by atoms with Gasteiger partial charge in [-0.3, -0.25) is 0 Å². The Morgan fingerprint density at radius 3 is 2.65 bits per heavy atom. The summed E-state index contributed by atoms with van der Waals surface area (Å²) < 4.78 is 10.9. The van der Waals surface area contributed by atoms with Gasteiger partial charge in [0.1, 0.15) is 0 Å². The van der Waals surface area contributed by atoms with E-state index < -0.39 is 0 Å². The summed E-state index contributed by atoms with van der Waals surface area (Å²) in [6, 6.07) is 10.0. The molecular weight excluding hydrogens is 333 g/mol. The van der Waals surface area contributed by atoms with Gasteiger partial charge in [-0.05, 0) is 47.9 Å². The lowest BCUT2D eigenvalue weighted by Gasteiger charge is -2.22. The zero-order valence-electron chi connectivity index (χ0n) is 13.2. The average Bonchev–Trinajstić information content (AvgIpc) is 2.77. The quantitative estimate of drug-likeness (QED) is 0.894. The van der Waals surface area contributed by atoms with Crippen LogP contribution in [0.5, 0.6) is 11.5 Å². The Labute approximate surface area is 146 Å². The fourth-order valence-electron chi connectivity index (χ4n) is 3.16. The summed E-state index contributed by atoms with van der Waals surface area (Å²) in [5.41, 5.74) is 3.44. The van der Waals surface area contributed by atoms with E-state index in [4.69, 9.17) is 32.7 Å². The van der Waals surface area contributed by atoms with Crippen LogP contribution < -0.4 is 14.8 Å². The van der Waals surface area contributed by atoms with Crippen molar-refractivity contribution in [2.24, 2.45) is 0 Å². The van der Waals surface area contributed by atoms with Crippen molar-refractivity contribution in [2.75, 3.05) is 27.3 Å². The summed E-state index contributed by atoms with van der Waals surface area (Å²) in [5, 5.41) is 4.85. The number of benzene rings is 2. The molecule has 122 valence electrons. The zero-order valence-corrected chi connectivity index (χ0v) is 14.7. The maximum Gasteiger partial charge on any atom is 0.179 e. The first-order valence-corrected chi connectivity index (χ1v) is 8.30. The first-order chi connectivity index (χ1) is 11.2. The largest absolute Gasteiger partial charge is 0.493 e. The van der Waals surface area contributed by atoms with Gasteiger partial charge in [-0.25, -0.2) is 0 Å². The van der Waals surface area contributed by atoms with E-state index in [9.17, 15) is 0 Å². The fraction of sp³-hybridized carbons (Fsp3) is 0.333. The molecule has 1 atom stereocenters. The maximum absolute atomic E-state index is 6.61. The Kier molecular flexibility index (Phi) is 5.00. The molecule has 0 bridgehead atoms. The van der Waals surface area contributed by atoms with Gasteiger partial charge in [-0.1, -0.05) is 35.3 Å². The SMILES string of the molecule is COc1cc2c(c(Cl)c1OC)CCNCC2c1cccc(Cl)c1. The van der Waals surface area contributed by atoms with Crippen molar-refractivity contribution in [3.63, 3.8) is 0 Å². The van der Waals surface area contributed by atoms with Crippen molar-refractivity contribution in [3.05, 3.63) is 57.1 Å². The highest BCUT2D eigenvalue weighted by Gasteiger charge is 2.26. The van der Waals surface area contributed by atoms with Crippen molar-refractivity contribution in [1.82, 2.24) is 5.32 Å². The molecule has 2 aromatic carbocycles. The van der Waals surface area contributed by atoms with Crippen LogP contribution in [0.1, 0.15) is 22.6 Å². The Hall–Kier alpha value is -1.42. The van der Waals surface area contributed by atoms with Crippen molar-refractivity contribution in [2.45, 2.75) is 12.3 Å². The van der Waals surface area contributed by atoms with Gasteiger partial charge in [0, 0.05) is 17.5 Å². The van der Waals surface area contributed by atoms with Crippen LogP contribution in [-0.4, -0.2) is 27.3 Å². The molecule has 23 heavy (non-hydrogen) atoms. The lowest BCUT2D eigenvalue weighted by atomic mass is 9.87. The topological polar surface area (TPSA) is 30.5 Å². The Balaban J connectivity index is 2.18. The second kappa shape index (κ2) is 7.00. The normalized spacial score (nSPS) is 17.3. The molecule has 0 spiro atoms. The molecule has 1 aliphatic rings. The van der Waals surface area contributed by atoms with E-state index in [0.29, 0.717) is 16.5 Å². The summed E-state index contributed by atoms with van der Waals surface area (Å²) in [5.74, 6) is 1.42. The molecular formula is C18H19Cl2NO2. The molecule has 0 radical (unpaired) electrons. The number of methoxy groups -OCH3 is 2. The van der Waals surface area contributed by atoms with Crippen molar-refractivity contribution < 1.29 is 9.47 Å². The second-order valence-electron chi connectivity index (χ2n) is 5.56. The summed E-state index contributed by atoms with van der Waals surface area (Å²) >= 11 is 12.8. The van der Waals surface area contributed by atoms with Crippen LogP contribution in [0.2, 0.25) is 10.0 Å². The predicted molar refractivity (Wildman–Crippen MR) is 94.4 cm³/mol. The third-order valence-electron chi connectivity index (χ3n) is 4.27. The van der Waals surface area contributed by atoms with Crippen molar-refractivity contribution in [1.29, 1.82) is 0 Å². The van der Waals surface area contributed by atoms with Gasteiger partial charge >= 0.3 is 0 Å². The Bertz CT molecular complexity index is 718. The molecule has 1 heterocycles. The zero-order chi connectivity index (χ0) is 16.4. The molecule has 0 fully saturated rings. The summed E-state index contributed by atoms with van der Waals surface area (Å²) in [4.78, 5) is 0. The van der Waals surface area contributed by atoms with E-state index in [1.165, 1.54) is 5.56 Å². The molecule has 2 aromatic rings. The van der Waals surface area contributed by atoms with Crippen LogP contribution in [-0.2, 0) is 6.42 Å². The molecule has 3 nitrogen and oxygen atoms in total. The van der Waals surface area contributed by atoms with Gasteiger partial charge < -0.3 is 14.8 Å². The summed E-state index contributed by atoms with van der Waals surface area (Å²) in [6.45, 7) is 1.71. The monoisotopic (exact) mass is 351 g/mol. The van der Waals surface area contributed by atoms with Gasteiger partial charge in [0.05, 0.1) is 19.2 Å². The van der Waals surface area contributed by atoms with Gasteiger partial charge in [0.15, 0.2) is 11.5 Å². The molecule has 1 N–H and O–H groups in total. The van der Waals surface area contributed by atoms with Gasteiger partial charge in [0.25, 0.3) is 0 Å². The van der Waals surface area contributed by atoms with Crippen LogP contribution in [0.15, 0.2) is 30.3 Å². The number of fused-ring (bicyclic) bond motifs is 1. The van der Waals surface area contributed by atoms with E-state index in [1.54, 1.807) is 14.2 Å². The van der Waals surface area contributed by atoms with E-state index in [1.807, 2.05) is 24.3 Å². The Morgan fingerprint density at radius 2 is 1.96 bits per heavy atom. The molecule has 0 amide bonds. The number of halogens is 2. The highest BCUT2D eigenvalue weighted by atomic mass is 35.5. The molecule has 0 aliphatic carbocycles. The molecule has 1 unspecified atom stereocenters. The van der Waals surface area contributed by atoms with Crippen LogP contribution in [0, 0.1) is 0 Å². The van der Waals surface area contributed by atoms with Crippen LogP contribution in [0.25, 0.3) is 0 Å². The maximum atomic E-state index is 6.61. The summed E-state index contributed by atoms with van der Waals surface area (Å²) in [7, 11) is 3.24. The van der Waals surface area contributed by atoms with Crippen molar-refractivity contribution in [3.8, 4) is 11.5 Å². The lowest BCUT2D eigenvalue weighted by molar-refractivity contribution is 0.354. The van der Waals surface area contributed by atoms with E-state index >= 15 is 0 Å². The molecule has 1 aliphatic heterocycles. The smallest absolute Gasteiger partial charge is 0.179 e. The standard InChI is InChI=1S/C18H19Cl2NO2/c1-22-16-9-14-13(17(20)18(16)23-2)6-7-21-10-15(14)11-4-3-5-12(19)8-11/h3-5,8-9,15,21H,6-7,10H2,1-2H3. The minimum absolute atomic E-state index is 0.170. The van der Waals surface area contributed by atoms with Gasteiger partial charge in [-0.15, -0.1) is 0 Å². The third-order valence-corrected chi connectivity index (χ3v) is 4.91. The number of nitrogens with one attached hydrogen (secondary N) is 1. The molecule has 0 aromatic heterocycles. The fourth-order valence-corrected chi connectivity index (χ4v) is 3.74. The molecule has 5 heteroatoms. The van der Waals surface area contributed by atoms with E-state index in [-0.39, 0.29) is 5.92 Å². The first-order valence-electron chi connectivity index (χ1n) is 7.55. The first kappa shape index (κ1) is 16.4. The molecule has 0 saturated carbocycles. The molecule has 0 saturated heterocycles. The summed E-state index contributed by atoms with van der Waals surface area (Å²) in [6.07, 6.45) is 0.853. The minimum atomic E-state index is 0.170. The molecule has 3 rings (SSSR count). The van der Waals surface area contributed by atoms with E-state index in [0.717, 1.165) is 35.7 Å².